The molecule has 9 nitrogen and oxygen atoms in total. The number of esters is 1. The van der Waals surface area contributed by atoms with Crippen LogP contribution in [0.3, 0.4) is 0 Å². The molecular formula is C24H24N4O5. The Hall–Kier alpha value is -4.40. The second-order valence-corrected chi connectivity index (χ2v) is 7.06. The first-order chi connectivity index (χ1) is 15.8. The lowest BCUT2D eigenvalue weighted by atomic mass is 10.1. The second-order valence-electron chi connectivity index (χ2n) is 7.06. The van der Waals surface area contributed by atoms with Crippen molar-refractivity contribution in [3.63, 3.8) is 0 Å². The maximum atomic E-state index is 12.2. The summed E-state index contributed by atoms with van der Waals surface area (Å²) in [6.45, 7) is 3.75. The van der Waals surface area contributed by atoms with E-state index < -0.39 is 17.8 Å². The van der Waals surface area contributed by atoms with Gasteiger partial charge in [0.2, 0.25) is 0 Å². The third kappa shape index (κ3) is 5.27. The van der Waals surface area contributed by atoms with E-state index in [1.807, 2.05) is 36.6 Å². The number of anilines is 1. The Morgan fingerprint density at radius 1 is 0.970 bits per heavy atom. The summed E-state index contributed by atoms with van der Waals surface area (Å²) in [6.07, 6.45) is 1.44. The molecule has 3 aromatic rings. The molecule has 0 aliphatic rings. The van der Waals surface area contributed by atoms with Crippen LogP contribution in [0.5, 0.6) is 5.75 Å². The fourth-order valence-electron chi connectivity index (χ4n) is 3.34. The highest BCUT2D eigenvalue weighted by Gasteiger charge is 2.17. The summed E-state index contributed by atoms with van der Waals surface area (Å²) in [7, 11) is 2.84. The number of para-hydroxylation sites is 1. The predicted molar refractivity (Wildman–Crippen MR) is 124 cm³/mol. The van der Waals surface area contributed by atoms with Crippen molar-refractivity contribution >= 4 is 29.7 Å². The molecule has 0 saturated heterocycles. The zero-order chi connectivity index (χ0) is 24.0. The van der Waals surface area contributed by atoms with Gasteiger partial charge in [-0.3, -0.25) is 9.59 Å². The van der Waals surface area contributed by atoms with Gasteiger partial charge in [-0.2, -0.15) is 5.10 Å². The number of carbonyl (C=O) groups excluding carboxylic acids is 3. The molecule has 0 atom stereocenters. The molecule has 1 heterocycles. The van der Waals surface area contributed by atoms with Crippen molar-refractivity contribution in [1.29, 1.82) is 0 Å². The molecule has 0 spiro atoms. The van der Waals surface area contributed by atoms with Crippen molar-refractivity contribution in [1.82, 2.24) is 9.99 Å². The third-order valence-electron chi connectivity index (χ3n) is 4.92. The van der Waals surface area contributed by atoms with Crippen LogP contribution in [0.4, 0.5) is 5.69 Å². The first-order valence-electron chi connectivity index (χ1n) is 10.0. The van der Waals surface area contributed by atoms with Crippen LogP contribution in [0, 0.1) is 13.8 Å². The van der Waals surface area contributed by atoms with Gasteiger partial charge in [-0.25, -0.2) is 10.2 Å². The molecule has 0 aliphatic carbocycles. The summed E-state index contributed by atoms with van der Waals surface area (Å²) < 4.78 is 11.9. The number of aryl methyl sites for hydroxylation is 1. The molecule has 2 N–H and O–H groups in total. The van der Waals surface area contributed by atoms with Crippen molar-refractivity contribution in [3.05, 3.63) is 77.1 Å². The van der Waals surface area contributed by atoms with E-state index in [0.29, 0.717) is 28.3 Å². The maximum absolute atomic E-state index is 12.2. The molecule has 33 heavy (non-hydrogen) atoms. The number of ether oxygens (including phenoxy) is 2. The fraction of sp³-hybridized carbons (Fsp3) is 0.167. The minimum atomic E-state index is -0.918. The number of hydrazone groups is 1. The van der Waals surface area contributed by atoms with Gasteiger partial charge in [0.05, 0.1) is 31.7 Å². The number of methoxy groups -OCH3 is 2. The monoisotopic (exact) mass is 448 g/mol. The van der Waals surface area contributed by atoms with Gasteiger partial charge >= 0.3 is 17.8 Å². The van der Waals surface area contributed by atoms with E-state index in [1.54, 1.807) is 36.4 Å². The summed E-state index contributed by atoms with van der Waals surface area (Å²) in [5.41, 5.74) is 6.09. The van der Waals surface area contributed by atoms with E-state index in [2.05, 4.69) is 15.8 Å². The van der Waals surface area contributed by atoms with Crippen LogP contribution in [0.25, 0.3) is 5.69 Å². The number of rotatable bonds is 6. The lowest BCUT2D eigenvalue weighted by molar-refractivity contribution is -0.136. The standard InChI is InChI=1S/C24H24N4O5/c1-15-12-17(16(2)28(15)21-11-6-5-10-20(21)24(31)33-4)14-25-27-23(30)22(29)26-18-8-7-9-19(13-18)32-3/h5-14H,1-4H3,(H,26,29)(H,27,30)/b25-14-. The van der Waals surface area contributed by atoms with Gasteiger partial charge in [-0.1, -0.05) is 18.2 Å². The van der Waals surface area contributed by atoms with E-state index in [1.165, 1.54) is 20.4 Å². The van der Waals surface area contributed by atoms with Gasteiger partial charge < -0.3 is 19.4 Å². The Morgan fingerprint density at radius 2 is 1.73 bits per heavy atom. The molecule has 0 fully saturated rings. The molecule has 3 rings (SSSR count). The molecule has 9 heteroatoms. The van der Waals surface area contributed by atoms with Crippen molar-refractivity contribution in [3.8, 4) is 11.4 Å². The second kappa shape index (κ2) is 10.3. The van der Waals surface area contributed by atoms with Gasteiger partial charge in [-0.15, -0.1) is 0 Å². The molecular weight excluding hydrogens is 424 g/mol. The number of amides is 2. The summed E-state index contributed by atoms with van der Waals surface area (Å²) in [4.78, 5) is 36.4. The van der Waals surface area contributed by atoms with Crippen LogP contribution < -0.4 is 15.5 Å². The number of nitrogens with one attached hydrogen (secondary N) is 2. The SMILES string of the molecule is COC(=O)c1ccccc1-n1c(C)cc(/C=N\NC(=O)C(=O)Nc2cccc(OC)c2)c1C. The predicted octanol–water partition coefficient (Wildman–Crippen LogP) is 2.98. The maximum Gasteiger partial charge on any atom is 0.339 e. The highest BCUT2D eigenvalue weighted by molar-refractivity contribution is 6.39. The first kappa shape index (κ1) is 23.3. The van der Waals surface area contributed by atoms with Gasteiger partial charge in [-0.05, 0) is 44.2 Å². The number of carbonyl (C=O) groups is 3. The Balaban J connectivity index is 1.73. The molecule has 2 aromatic carbocycles. The molecule has 0 radical (unpaired) electrons. The summed E-state index contributed by atoms with van der Waals surface area (Å²) in [5, 5.41) is 6.39. The molecule has 0 unspecified atom stereocenters. The number of benzene rings is 2. The van der Waals surface area contributed by atoms with Crippen molar-refractivity contribution < 1.29 is 23.9 Å². The first-order valence-corrected chi connectivity index (χ1v) is 10.0. The van der Waals surface area contributed by atoms with Crippen LogP contribution in [0.15, 0.2) is 59.7 Å². The van der Waals surface area contributed by atoms with E-state index in [-0.39, 0.29) is 0 Å². The minimum Gasteiger partial charge on any atom is -0.497 e. The Morgan fingerprint density at radius 3 is 2.45 bits per heavy atom. The Labute approximate surface area is 191 Å². The normalized spacial score (nSPS) is 10.7. The van der Waals surface area contributed by atoms with Crippen molar-refractivity contribution in [2.45, 2.75) is 13.8 Å². The smallest absolute Gasteiger partial charge is 0.339 e. The fourth-order valence-corrected chi connectivity index (χ4v) is 3.34. The number of aromatic nitrogens is 1. The zero-order valence-electron chi connectivity index (χ0n) is 18.7. The van der Waals surface area contributed by atoms with Gasteiger partial charge in [0.25, 0.3) is 0 Å². The lowest BCUT2D eigenvalue weighted by Gasteiger charge is -2.13. The van der Waals surface area contributed by atoms with E-state index in [9.17, 15) is 14.4 Å². The van der Waals surface area contributed by atoms with Crippen LogP contribution in [-0.4, -0.2) is 42.8 Å². The topological polar surface area (TPSA) is 111 Å². The summed E-state index contributed by atoms with van der Waals surface area (Å²) in [5.74, 6) is -1.67. The molecule has 170 valence electrons. The van der Waals surface area contributed by atoms with Crippen LogP contribution in [0.2, 0.25) is 0 Å². The van der Waals surface area contributed by atoms with E-state index >= 15 is 0 Å². The molecule has 0 bridgehead atoms. The largest absolute Gasteiger partial charge is 0.497 e. The van der Waals surface area contributed by atoms with Gasteiger partial charge in [0.1, 0.15) is 5.75 Å². The number of hydrogen-bond donors (Lipinski definition) is 2. The number of nitrogens with zero attached hydrogens (tertiary/aromatic N) is 2. The molecule has 0 aliphatic heterocycles. The average molecular weight is 448 g/mol. The zero-order valence-corrected chi connectivity index (χ0v) is 18.7. The van der Waals surface area contributed by atoms with Crippen molar-refractivity contribution in [2.75, 3.05) is 19.5 Å². The Kier molecular flexibility index (Phi) is 7.24. The van der Waals surface area contributed by atoms with E-state index in [4.69, 9.17) is 9.47 Å². The van der Waals surface area contributed by atoms with Crippen LogP contribution >= 0.6 is 0 Å². The molecule has 1 aromatic heterocycles. The van der Waals surface area contributed by atoms with E-state index in [0.717, 1.165) is 11.4 Å². The third-order valence-corrected chi connectivity index (χ3v) is 4.92. The minimum absolute atomic E-state index is 0.422. The highest BCUT2D eigenvalue weighted by Crippen LogP contribution is 2.23. The average Bonchev–Trinajstić information content (AvgIpc) is 3.11. The number of hydrogen-bond acceptors (Lipinski definition) is 6. The quantitative estimate of drug-likeness (QED) is 0.261. The summed E-state index contributed by atoms with van der Waals surface area (Å²) >= 11 is 0. The molecule has 0 saturated carbocycles. The van der Waals surface area contributed by atoms with Crippen LogP contribution in [0.1, 0.15) is 27.3 Å². The molecule has 2 amide bonds. The highest BCUT2D eigenvalue weighted by atomic mass is 16.5. The lowest BCUT2D eigenvalue weighted by Crippen LogP contribution is -2.32. The van der Waals surface area contributed by atoms with Gasteiger partial charge in [0.15, 0.2) is 0 Å². The Bertz CT molecular complexity index is 1230. The van der Waals surface area contributed by atoms with Crippen LogP contribution in [-0.2, 0) is 14.3 Å². The van der Waals surface area contributed by atoms with Crippen molar-refractivity contribution in [2.24, 2.45) is 5.10 Å². The van der Waals surface area contributed by atoms with Gasteiger partial charge in [0, 0.05) is 28.7 Å². The summed E-state index contributed by atoms with van der Waals surface area (Å²) in [6, 6.07) is 15.6.